The summed E-state index contributed by atoms with van der Waals surface area (Å²) >= 11 is 0. The molecule has 0 unspecified atom stereocenters. The van der Waals surface area contributed by atoms with Crippen molar-refractivity contribution in [3.63, 3.8) is 0 Å². The minimum absolute atomic E-state index is 0.0233. The summed E-state index contributed by atoms with van der Waals surface area (Å²) < 4.78 is 11.3. The second kappa shape index (κ2) is 8.47. The van der Waals surface area contributed by atoms with Gasteiger partial charge >= 0.3 is 0 Å². The Hall–Kier alpha value is -2.37. The van der Waals surface area contributed by atoms with Crippen molar-refractivity contribution in [2.24, 2.45) is 0 Å². The molecule has 3 N–H and O–H groups in total. The second-order valence-electron chi connectivity index (χ2n) is 5.85. The summed E-state index contributed by atoms with van der Waals surface area (Å²) in [5, 5.41) is 4.90. The molecule has 2 aromatic rings. The van der Waals surface area contributed by atoms with E-state index in [-0.39, 0.29) is 5.91 Å². The zero-order valence-electron chi connectivity index (χ0n) is 13.6. The van der Waals surface area contributed by atoms with Gasteiger partial charge in [-0.05, 0) is 37.1 Å². The quantitative estimate of drug-likeness (QED) is 0.819. The SMILES string of the molecule is O=C(C[NH2+]C[C@H]1CCCO1)Nc1cccc(Oc2ccccc2)c1. The first-order valence-corrected chi connectivity index (χ1v) is 8.36. The Morgan fingerprint density at radius 1 is 1.17 bits per heavy atom. The number of anilines is 1. The van der Waals surface area contributed by atoms with Crippen molar-refractivity contribution in [3.05, 3.63) is 54.6 Å². The fraction of sp³-hybridized carbons (Fsp3) is 0.316. The fourth-order valence-corrected chi connectivity index (χ4v) is 2.70. The van der Waals surface area contributed by atoms with Crippen molar-refractivity contribution < 1.29 is 19.6 Å². The Morgan fingerprint density at radius 2 is 2.00 bits per heavy atom. The van der Waals surface area contributed by atoms with Crippen LogP contribution in [-0.4, -0.2) is 31.7 Å². The predicted molar refractivity (Wildman–Crippen MR) is 92.2 cm³/mol. The van der Waals surface area contributed by atoms with Gasteiger partial charge in [-0.15, -0.1) is 0 Å². The van der Waals surface area contributed by atoms with E-state index >= 15 is 0 Å². The van der Waals surface area contributed by atoms with Gasteiger partial charge in [0.1, 0.15) is 24.1 Å². The topological polar surface area (TPSA) is 64.2 Å². The van der Waals surface area contributed by atoms with Gasteiger partial charge in [0, 0.05) is 18.4 Å². The third-order valence-electron chi connectivity index (χ3n) is 3.88. The van der Waals surface area contributed by atoms with Crippen LogP contribution >= 0.6 is 0 Å². The average Bonchev–Trinajstić information content (AvgIpc) is 3.09. The third kappa shape index (κ3) is 5.08. The summed E-state index contributed by atoms with van der Waals surface area (Å²) in [5.41, 5.74) is 0.735. The molecule has 0 aliphatic carbocycles. The van der Waals surface area contributed by atoms with Gasteiger partial charge in [0.05, 0.1) is 0 Å². The summed E-state index contributed by atoms with van der Waals surface area (Å²) in [6.07, 6.45) is 2.51. The number of carbonyl (C=O) groups excluding carboxylic acids is 1. The van der Waals surface area contributed by atoms with Gasteiger partial charge in [0.15, 0.2) is 6.54 Å². The van der Waals surface area contributed by atoms with Crippen LogP contribution in [0.3, 0.4) is 0 Å². The van der Waals surface area contributed by atoms with Crippen LogP contribution in [0.2, 0.25) is 0 Å². The number of quaternary nitrogens is 1. The number of carbonyl (C=O) groups is 1. The van der Waals surface area contributed by atoms with E-state index in [0.29, 0.717) is 18.4 Å². The molecular weight excluding hydrogens is 304 g/mol. The standard InChI is InChI=1S/C19H22N2O3/c22-19(14-20-13-18-10-5-11-23-18)21-15-6-4-9-17(12-15)24-16-7-2-1-3-8-16/h1-4,6-9,12,18,20H,5,10-11,13-14H2,(H,21,22)/p+1/t18-/m1/s1. The normalized spacial score (nSPS) is 16.8. The fourth-order valence-electron chi connectivity index (χ4n) is 2.70. The number of benzene rings is 2. The minimum atomic E-state index is -0.0233. The smallest absolute Gasteiger partial charge is 0.279 e. The van der Waals surface area contributed by atoms with Crippen molar-refractivity contribution in [2.45, 2.75) is 18.9 Å². The Morgan fingerprint density at radius 3 is 2.79 bits per heavy atom. The first-order valence-electron chi connectivity index (χ1n) is 8.36. The Bertz CT molecular complexity index is 655. The number of amides is 1. The van der Waals surface area contributed by atoms with Gasteiger partial charge < -0.3 is 20.1 Å². The molecule has 0 radical (unpaired) electrons. The summed E-state index contributed by atoms with van der Waals surface area (Å²) in [4.78, 5) is 12.0. The Balaban J connectivity index is 1.47. The van der Waals surface area contributed by atoms with Crippen molar-refractivity contribution >= 4 is 11.6 Å². The highest BCUT2D eigenvalue weighted by Crippen LogP contribution is 2.23. The van der Waals surface area contributed by atoms with Crippen molar-refractivity contribution in [1.29, 1.82) is 0 Å². The molecule has 1 atom stereocenters. The van der Waals surface area contributed by atoms with Gasteiger partial charge in [-0.25, -0.2) is 0 Å². The third-order valence-corrected chi connectivity index (χ3v) is 3.88. The van der Waals surface area contributed by atoms with E-state index in [1.54, 1.807) is 0 Å². The van der Waals surface area contributed by atoms with E-state index in [0.717, 1.165) is 37.4 Å². The van der Waals surface area contributed by atoms with E-state index in [4.69, 9.17) is 9.47 Å². The Kier molecular flexibility index (Phi) is 5.82. The first-order chi connectivity index (χ1) is 11.8. The molecule has 126 valence electrons. The molecule has 3 rings (SSSR count). The Labute approximate surface area is 142 Å². The van der Waals surface area contributed by atoms with E-state index in [1.807, 2.05) is 59.9 Å². The van der Waals surface area contributed by atoms with Gasteiger partial charge in [-0.1, -0.05) is 24.3 Å². The highest BCUT2D eigenvalue weighted by molar-refractivity contribution is 5.91. The van der Waals surface area contributed by atoms with Crippen LogP contribution in [0.25, 0.3) is 0 Å². The number of para-hydroxylation sites is 1. The van der Waals surface area contributed by atoms with Gasteiger partial charge in [-0.2, -0.15) is 0 Å². The summed E-state index contributed by atoms with van der Waals surface area (Å²) in [5.74, 6) is 1.44. The molecule has 0 spiro atoms. The lowest BCUT2D eigenvalue weighted by Gasteiger charge is -2.10. The number of hydrogen-bond acceptors (Lipinski definition) is 3. The van der Waals surface area contributed by atoms with Crippen molar-refractivity contribution in [1.82, 2.24) is 0 Å². The molecule has 2 aromatic carbocycles. The molecule has 0 saturated carbocycles. The highest BCUT2D eigenvalue weighted by atomic mass is 16.5. The van der Waals surface area contributed by atoms with Crippen LogP contribution in [-0.2, 0) is 9.53 Å². The van der Waals surface area contributed by atoms with E-state index in [2.05, 4.69) is 5.32 Å². The average molecular weight is 327 g/mol. The van der Waals surface area contributed by atoms with Crippen LogP contribution in [0.4, 0.5) is 5.69 Å². The van der Waals surface area contributed by atoms with E-state index in [9.17, 15) is 4.79 Å². The van der Waals surface area contributed by atoms with Crippen LogP contribution in [0.1, 0.15) is 12.8 Å². The number of hydrogen-bond donors (Lipinski definition) is 2. The largest absolute Gasteiger partial charge is 0.457 e. The van der Waals surface area contributed by atoms with Crippen molar-refractivity contribution in [2.75, 3.05) is 25.0 Å². The van der Waals surface area contributed by atoms with Gasteiger partial charge in [0.25, 0.3) is 5.91 Å². The highest BCUT2D eigenvalue weighted by Gasteiger charge is 2.17. The van der Waals surface area contributed by atoms with Gasteiger partial charge in [-0.3, -0.25) is 4.79 Å². The first kappa shape index (κ1) is 16.5. The molecule has 5 nitrogen and oxygen atoms in total. The molecule has 1 saturated heterocycles. The minimum Gasteiger partial charge on any atom is -0.457 e. The predicted octanol–water partition coefficient (Wildman–Crippen LogP) is 2.16. The molecule has 0 bridgehead atoms. The summed E-state index contributed by atoms with van der Waals surface area (Å²) in [6, 6.07) is 17.0. The van der Waals surface area contributed by atoms with Crippen LogP contribution in [0.15, 0.2) is 54.6 Å². The molecule has 24 heavy (non-hydrogen) atoms. The zero-order chi connectivity index (χ0) is 16.6. The summed E-state index contributed by atoms with van der Waals surface area (Å²) in [7, 11) is 0. The maximum Gasteiger partial charge on any atom is 0.279 e. The lowest BCUT2D eigenvalue weighted by atomic mass is 10.2. The lowest BCUT2D eigenvalue weighted by molar-refractivity contribution is -0.649. The number of rotatable bonds is 7. The van der Waals surface area contributed by atoms with Crippen LogP contribution in [0, 0.1) is 0 Å². The second-order valence-corrected chi connectivity index (χ2v) is 5.85. The molecule has 0 aromatic heterocycles. The van der Waals surface area contributed by atoms with Crippen LogP contribution in [0.5, 0.6) is 11.5 Å². The number of nitrogens with one attached hydrogen (secondary N) is 1. The maximum atomic E-state index is 12.0. The monoisotopic (exact) mass is 327 g/mol. The van der Waals surface area contributed by atoms with Gasteiger partial charge in [0.2, 0.25) is 0 Å². The number of nitrogens with two attached hydrogens (primary N) is 1. The molecular formula is C19H23N2O3+. The maximum absolute atomic E-state index is 12.0. The molecule has 1 fully saturated rings. The lowest BCUT2D eigenvalue weighted by Crippen LogP contribution is -2.88. The van der Waals surface area contributed by atoms with E-state index < -0.39 is 0 Å². The molecule has 5 heteroatoms. The molecule has 1 aliphatic rings. The van der Waals surface area contributed by atoms with E-state index in [1.165, 1.54) is 0 Å². The van der Waals surface area contributed by atoms with Crippen molar-refractivity contribution in [3.8, 4) is 11.5 Å². The molecule has 1 amide bonds. The zero-order valence-corrected chi connectivity index (χ0v) is 13.6. The molecule has 1 heterocycles. The van der Waals surface area contributed by atoms with Crippen LogP contribution < -0.4 is 15.4 Å². The molecule has 1 aliphatic heterocycles. The number of ether oxygens (including phenoxy) is 2. The summed E-state index contributed by atoms with van der Waals surface area (Å²) in [6.45, 7) is 2.08.